The molecule has 1 N–H and O–H groups in total. The summed E-state index contributed by atoms with van der Waals surface area (Å²) in [6.07, 6.45) is 4.71. The van der Waals surface area contributed by atoms with Gasteiger partial charge in [-0.15, -0.1) is 0 Å². The maximum Gasteiger partial charge on any atom is 0.168 e. The van der Waals surface area contributed by atoms with Crippen molar-refractivity contribution in [2.45, 2.75) is 6.42 Å². The average molecular weight is 218 g/mol. The fraction of sp³-hybridized carbons (Fsp3) is 0.375. The van der Waals surface area contributed by atoms with E-state index in [2.05, 4.69) is 0 Å². The van der Waals surface area contributed by atoms with Crippen LogP contribution in [-0.2, 0) is 13.5 Å². The number of aliphatic hydroxyl groups is 1. The molecule has 1 aromatic heterocycles. The van der Waals surface area contributed by atoms with Gasteiger partial charge in [0.2, 0.25) is 0 Å². The van der Waals surface area contributed by atoms with E-state index in [-0.39, 0.29) is 23.6 Å². The molecule has 1 heterocycles. The molecule has 0 unspecified atom stereocenters. The zero-order valence-corrected chi connectivity index (χ0v) is 8.08. The zero-order valence-electron chi connectivity index (χ0n) is 6.50. The average Bonchev–Trinajstić information content (AvgIpc) is 1.95. The van der Waals surface area contributed by atoms with Gasteiger partial charge in [0.1, 0.15) is 7.05 Å². The van der Waals surface area contributed by atoms with Crippen molar-refractivity contribution in [2.75, 3.05) is 6.61 Å². The first kappa shape index (κ1) is 10.6. The van der Waals surface area contributed by atoms with Gasteiger partial charge in [0.05, 0.1) is 0 Å². The van der Waals surface area contributed by atoms with Crippen LogP contribution in [-0.4, -0.2) is 11.7 Å². The zero-order chi connectivity index (χ0) is 7.40. The molecule has 0 saturated carbocycles. The molecule has 0 aromatic carbocycles. The fourth-order valence-electron chi connectivity index (χ4n) is 0.828. The lowest BCUT2D eigenvalue weighted by Gasteiger charge is -1.93. The van der Waals surface area contributed by atoms with Gasteiger partial charge in [-0.25, -0.2) is 4.57 Å². The molecule has 0 aliphatic heterocycles. The summed E-state index contributed by atoms with van der Waals surface area (Å²) in [5.41, 5.74) is 1.18. The second-order valence-corrected chi connectivity index (χ2v) is 2.35. The number of hydrogen-bond donors (Lipinski definition) is 1. The van der Waals surface area contributed by atoms with Crippen molar-refractivity contribution in [3.8, 4) is 0 Å². The highest BCUT2D eigenvalue weighted by molar-refractivity contribution is 5.06. The third kappa shape index (κ3) is 3.49. The van der Waals surface area contributed by atoms with Gasteiger partial charge in [-0.05, 0) is 12.0 Å². The summed E-state index contributed by atoms with van der Waals surface area (Å²) in [5.74, 6) is 0. The van der Waals surface area contributed by atoms with Crippen molar-refractivity contribution in [2.24, 2.45) is 7.05 Å². The molecule has 0 fully saturated rings. The van der Waals surface area contributed by atoms with Crippen molar-refractivity contribution in [1.82, 2.24) is 0 Å². The normalized spacial score (nSPS) is 8.91. The first-order valence-corrected chi connectivity index (χ1v) is 3.38. The minimum atomic E-state index is 0. The van der Waals surface area contributed by atoms with Crippen molar-refractivity contribution in [3.05, 3.63) is 30.1 Å². The molecule has 0 aliphatic rings. The van der Waals surface area contributed by atoms with E-state index in [4.69, 9.17) is 5.11 Å². The molecule has 1 aromatic rings. The summed E-state index contributed by atoms with van der Waals surface area (Å²) in [4.78, 5) is 0. The maximum absolute atomic E-state index is 8.58. The third-order valence-electron chi connectivity index (χ3n) is 1.45. The van der Waals surface area contributed by atoms with Gasteiger partial charge in [-0.1, -0.05) is 0 Å². The van der Waals surface area contributed by atoms with Crippen molar-refractivity contribution >= 4 is 0 Å². The molecule has 0 aliphatic carbocycles. The predicted molar refractivity (Wildman–Crippen MR) is 38.4 cm³/mol. The van der Waals surface area contributed by atoms with Crippen LogP contribution < -0.4 is 21.5 Å². The summed E-state index contributed by atoms with van der Waals surface area (Å²) < 4.78 is 1.97. The van der Waals surface area contributed by atoms with Crippen LogP contribution in [0.15, 0.2) is 24.5 Å². The lowest BCUT2D eigenvalue weighted by Crippen LogP contribution is -3.00. The highest BCUT2D eigenvalue weighted by atomic mass is 79.9. The fourth-order valence-corrected chi connectivity index (χ4v) is 0.828. The number of aromatic nitrogens is 1. The monoisotopic (exact) mass is 217 g/mol. The molecule has 62 valence electrons. The Bertz CT molecular complexity index is 198. The van der Waals surface area contributed by atoms with Crippen LogP contribution in [0.25, 0.3) is 0 Å². The standard InChI is InChI=1S/C8H12NO.BrH/c1-9-5-2-8(3-6-9)4-7-10;/h2-3,5-6,10H,4,7H2,1H3;1H/q+1;/p-1. The molecule has 0 bridgehead atoms. The minimum absolute atomic E-state index is 0. The molecule has 0 amide bonds. The number of aryl methyl sites for hydroxylation is 1. The molecule has 0 spiro atoms. The molecule has 3 heteroatoms. The van der Waals surface area contributed by atoms with Crippen LogP contribution in [0, 0.1) is 0 Å². The molecule has 0 atom stereocenters. The Hall–Kier alpha value is -0.410. The van der Waals surface area contributed by atoms with Crippen LogP contribution in [0.5, 0.6) is 0 Å². The van der Waals surface area contributed by atoms with E-state index in [1.165, 1.54) is 5.56 Å². The molecular formula is C8H12BrNO. The lowest BCUT2D eigenvalue weighted by atomic mass is 10.2. The Kier molecular flexibility index (Phi) is 5.07. The summed E-state index contributed by atoms with van der Waals surface area (Å²) in [6, 6.07) is 4.02. The van der Waals surface area contributed by atoms with Crippen molar-refractivity contribution in [1.29, 1.82) is 0 Å². The van der Waals surface area contributed by atoms with Crippen molar-refractivity contribution in [3.63, 3.8) is 0 Å². The molecule has 0 saturated heterocycles. The number of nitrogens with zero attached hydrogens (tertiary/aromatic N) is 1. The molecule has 11 heavy (non-hydrogen) atoms. The summed E-state index contributed by atoms with van der Waals surface area (Å²) in [5, 5.41) is 8.58. The SMILES string of the molecule is C[n+]1ccc(CCO)cc1.[Br-]. The van der Waals surface area contributed by atoms with Gasteiger partial charge in [-0.2, -0.15) is 0 Å². The topological polar surface area (TPSA) is 24.1 Å². The van der Waals surface area contributed by atoms with Crippen LogP contribution >= 0.6 is 0 Å². The Balaban J connectivity index is 0.000001000. The van der Waals surface area contributed by atoms with Gasteiger partial charge in [0.15, 0.2) is 12.4 Å². The minimum Gasteiger partial charge on any atom is -1.00 e. The largest absolute Gasteiger partial charge is 1.00 e. The number of aliphatic hydroxyl groups excluding tert-OH is 1. The highest BCUT2D eigenvalue weighted by Gasteiger charge is 1.92. The number of rotatable bonds is 2. The van der Waals surface area contributed by atoms with E-state index in [1.807, 2.05) is 36.1 Å². The summed E-state index contributed by atoms with van der Waals surface area (Å²) in [7, 11) is 1.97. The highest BCUT2D eigenvalue weighted by Crippen LogP contribution is 1.94. The number of hydrogen-bond acceptors (Lipinski definition) is 1. The van der Waals surface area contributed by atoms with Gasteiger partial charge in [-0.3, -0.25) is 0 Å². The third-order valence-corrected chi connectivity index (χ3v) is 1.45. The van der Waals surface area contributed by atoms with Crippen LogP contribution in [0.4, 0.5) is 0 Å². The maximum atomic E-state index is 8.58. The molecule has 0 radical (unpaired) electrons. The first-order chi connectivity index (χ1) is 4.83. The quantitative estimate of drug-likeness (QED) is 0.527. The lowest BCUT2D eigenvalue weighted by molar-refractivity contribution is -0.671. The summed E-state index contributed by atoms with van der Waals surface area (Å²) >= 11 is 0. The summed E-state index contributed by atoms with van der Waals surface area (Å²) in [6.45, 7) is 0.230. The van der Waals surface area contributed by atoms with Gasteiger partial charge >= 0.3 is 0 Å². The van der Waals surface area contributed by atoms with E-state index in [9.17, 15) is 0 Å². The second-order valence-electron chi connectivity index (χ2n) is 2.35. The van der Waals surface area contributed by atoms with E-state index in [0.717, 1.165) is 6.42 Å². The smallest absolute Gasteiger partial charge is 0.168 e. The first-order valence-electron chi connectivity index (χ1n) is 3.38. The second kappa shape index (κ2) is 5.27. The van der Waals surface area contributed by atoms with Crippen LogP contribution in [0.3, 0.4) is 0 Å². The Morgan fingerprint density at radius 2 is 1.91 bits per heavy atom. The predicted octanol–water partition coefficient (Wildman–Crippen LogP) is -2.95. The molecule has 2 nitrogen and oxygen atoms in total. The van der Waals surface area contributed by atoms with E-state index in [1.54, 1.807) is 0 Å². The van der Waals surface area contributed by atoms with Gasteiger partial charge in [0.25, 0.3) is 0 Å². The van der Waals surface area contributed by atoms with Crippen LogP contribution in [0.1, 0.15) is 5.56 Å². The van der Waals surface area contributed by atoms with Crippen LogP contribution in [0.2, 0.25) is 0 Å². The number of pyridine rings is 1. The van der Waals surface area contributed by atoms with Gasteiger partial charge < -0.3 is 22.1 Å². The Morgan fingerprint density at radius 1 is 1.36 bits per heavy atom. The van der Waals surface area contributed by atoms with E-state index >= 15 is 0 Å². The van der Waals surface area contributed by atoms with E-state index in [0.29, 0.717) is 0 Å². The Morgan fingerprint density at radius 3 is 2.36 bits per heavy atom. The molecule has 1 rings (SSSR count). The molecular weight excluding hydrogens is 206 g/mol. The number of halogens is 1. The van der Waals surface area contributed by atoms with E-state index < -0.39 is 0 Å². The van der Waals surface area contributed by atoms with Crippen molar-refractivity contribution < 1.29 is 26.7 Å². The Labute approximate surface area is 77.3 Å². The van der Waals surface area contributed by atoms with Gasteiger partial charge in [0, 0.05) is 18.7 Å².